The summed E-state index contributed by atoms with van der Waals surface area (Å²) < 4.78 is 10.3. The third kappa shape index (κ3) is 9.30. The number of hydrogen-bond acceptors (Lipinski definition) is 11. The van der Waals surface area contributed by atoms with Gasteiger partial charge in [0.1, 0.15) is 0 Å². The van der Waals surface area contributed by atoms with Crippen molar-refractivity contribution < 1.29 is 33.8 Å². The number of carbonyl (C=O) groups is 4. The molecule has 0 unspecified atom stereocenters. The molecule has 2 heterocycles. The molecule has 0 bridgehead atoms. The van der Waals surface area contributed by atoms with Gasteiger partial charge in [-0.15, -0.1) is 0 Å². The first-order valence-electron chi connectivity index (χ1n) is 12.3. The fourth-order valence-electron chi connectivity index (χ4n) is 3.57. The molecule has 214 valence electrons. The number of nitrogens with zero attached hydrogens (tertiary/aromatic N) is 2. The fourth-order valence-corrected chi connectivity index (χ4v) is 3.57. The molecular formula is C26H38N6O7. The summed E-state index contributed by atoms with van der Waals surface area (Å²) >= 11 is 0. The SMILES string of the molecule is CCO.NCCOCCN.NN.O=C1c2ccccc2C(=O)N1CCOCCN1C(=O)c2ccccc2C1=O. The van der Waals surface area contributed by atoms with Crippen LogP contribution >= 0.6 is 0 Å². The van der Waals surface area contributed by atoms with Gasteiger partial charge < -0.3 is 26.0 Å². The van der Waals surface area contributed by atoms with Gasteiger partial charge in [-0.25, -0.2) is 0 Å². The van der Waals surface area contributed by atoms with Crippen molar-refractivity contribution in [3.8, 4) is 0 Å². The van der Waals surface area contributed by atoms with E-state index >= 15 is 0 Å². The average molecular weight is 547 g/mol. The van der Waals surface area contributed by atoms with Crippen LogP contribution in [0.4, 0.5) is 0 Å². The van der Waals surface area contributed by atoms with E-state index in [-0.39, 0.29) is 56.5 Å². The van der Waals surface area contributed by atoms with Crippen LogP contribution in [0.2, 0.25) is 0 Å². The van der Waals surface area contributed by atoms with Gasteiger partial charge in [0, 0.05) is 19.7 Å². The maximum atomic E-state index is 12.2. The molecule has 2 aromatic carbocycles. The number of aliphatic hydroxyl groups excluding tert-OH is 1. The van der Waals surface area contributed by atoms with Crippen LogP contribution in [0.5, 0.6) is 0 Å². The zero-order chi connectivity index (χ0) is 29.2. The Hall–Kier alpha value is -3.56. The quantitative estimate of drug-likeness (QED) is 0.109. The van der Waals surface area contributed by atoms with Crippen molar-refractivity contribution in [1.29, 1.82) is 0 Å². The first-order chi connectivity index (χ1) is 18.9. The fraction of sp³-hybridized carbons (Fsp3) is 0.385. The van der Waals surface area contributed by atoms with Crippen molar-refractivity contribution in [2.24, 2.45) is 23.2 Å². The maximum absolute atomic E-state index is 12.2. The molecule has 0 saturated heterocycles. The van der Waals surface area contributed by atoms with E-state index in [0.29, 0.717) is 48.6 Å². The summed E-state index contributed by atoms with van der Waals surface area (Å²) in [6.45, 7) is 4.85. The van der Waals surface area contributed by atoms with Crippen LogP contribution in [0.15, 0.2) is 48.5 Å². The number of imide groups is 2. The second-order valence-electron chi connectivity index (χ2n) is 7.73. The highest BCUT2D eigenvalue weighted by atomic mass is 16.5. The van der Waals surface area contributed by atoms with Gasteiger partial charge >= 0.3 is 0 Å². The summed E-state index contributed by atoms with van der Waals surface area (Å²) in [5.41, 5.74) is 11.8. The molecular weight excluding hydrogens is 508 g/mol. The van der Waals surface area contributed by atoms with Gasteiger partial charge in [-0.2, -0.15) is 0 Å². The molecule has 39 heavy (non-hydrogen) atoms. The van der Waals surface area contributed by atoms with Crippen molar-refractivity contribution in [1.82, 2.24) is 9.80 Å². The zero-order valence-corrected chi connectivity index (χ0v) is 22.1. The lowest BCUT2D eigenvalue weighted by atomic mass is 10.1. The molecule has 0 atom stereocenters. The maximum Gasteiger partial charge on any atom is 0.261 e. The highest BCUT2D eigenvalue weighted by Gasteiger charge is 2.36. The topological polar surface area (TPSA) is 218 Å². The van der Waals surface area contributed by atoms with Crippen LogP contribution in [0.1, 0.15) is 48.4 Å². The molecule has 0 fully saturated rings. The molecule has 4 rings (SSSR count). The minimum absolute atomic E-state index is 0.120. The van der Waals surface area contributed by atoms with Crippen molar-refractivity contribution in [2.45, 2.75) is 6.92 Å². The van der Waals surface area contributed by atoms with E-state index in [4.69, 9.17) is 26.0 Å². The monoisotopic (exact) mass is 546 g/mol. The molecule has 0 spiro atoms. The van der Waals surface area contributed by atoms with Gasteiger partial charge in [-0.3, -0.25) is 40.7 Å². The molecule has 0 saturated carbocycles. The summed E-state index contributed by atoms with van der Waals surface area (Å²) in [4.78, 5) is 51.3. The van der Waals surface area contributed by atoms with E-state index < -0.39 is 0 Å². The number of carbonyl (C=O) groups excluding carboxylic acids is 4. The van der Waals surface area contributed by atoms with Crippen LogP contribution in [-0.2, 0) is 9.47 Å². The number of rotatable bonds is 10. The minimum atomic E-state index is -0.334. The molecule has 2 aromatic rings. The molecule has 13 nitrogen and oxygen atoms in total. The van der Waals surface area contributed by atoms with E-state index in [1.807, 2.05) is 0 Å². The van der Waals surface area contributed by atoms with Gasteiger partial charge in [-0.1, -0.05) is 24.3 Å². The second kappa shape index (κ2) is 18.7. The smallest absolute Gasteiger partial charge is 0.261 e. The van der Waals surface area contributed by atoms with Crippen molar-refractivity contribution >= 4 is 23.6 Å². The van der Waals surface area contributed by atoms with Crippen LogP contribution in [0, 0.1) is 0 Å². The summed E-state index contributed by atoms with van der Waals surface area (Å²) in [6, 6.07) is 13.4. The van der Waals surface area contributed by atoms with Gasteiger partial charge in [0.05, 0.1) is 61.8 Å². The molecule has 0 aliphatic carbocycles. The van der Waals surface area contributed by atoms with Crippen LogP contribution in [0.25, 0.3) is 0 Å². The van der Waals surface area contributed by atoms with Gasteiger partial charge in [0.2, 0.25) is 0 Å². The Kier molecular flexibility index (Phi) is 16.0. The lowest BCUT2D eigenvalue weighted by Gasteiger charge is -2.16. The van der Waals surface area contributed by atoms with Crippen LogP contribution in [-0.4, -0.2) is 97.7 Å². The normalized spacial score (nSPS) is 13.1. The van der Waals surface area contributed by atoms with Crippen molar-refractivity contribution in [2.75, 3.05) is 59.2 Å². The molecule has 4 amide bonds. The Morgan fingerprint density at radius 2 is 0.872 bits per heavy atom. The van der Waals surface area contributed by atoms with E-state index in [2.05, 4.69) is 11.7 Å². The Bertz CT molecular complexity index is 931. The summed E-state index contributed by atoms with van der Waals surface area (Å²) in [7, 11) is 0. The van der Waals surface area contributed by atoms with Crippen LogP contribution in [0.3, 0.4) is 0 Å². The molecule has 2 aliphatic heterocycles. The summed E-state index contributed by atoms with van der Waals surface area (Å²) in [5.74, 6) is 6.66. The van der Waals surface area contributed by atoms with Gasteiger partial charge in [0.25, 0.3) is 23.6 Å². The van der Waals surface area contributed by atoms with E-state index in [0.717, 1.165) is 9.80 Å². The number of ether oxygens (including phenoxy) is 2. The minimum Gasteiger partial charge on any atom is -0.397 e. The average Bonchev–Trinajstić information content (AvgIpc) is 3.35. The zero-order valence-electron chi connectivity index (χ0n) is 22.1. The summed E-state index contributed by atoms with van der Waals surface area (Å²) in [6.07, 6.45) is 0. The number of amides is 4. The molecule has 9 N–H and O–H groups in total. The highest BCUT2D eigenvalue weighted by molar-refractivity contribution is 6.22. The number of hydrazine groups is 1. The number of nitrogens with two attached hydrogens (primary N) is 4. The predicted octanol–water partition coefficient (Wildman–Crippen LogP) is -0.667. The largest absolute Gasteiger partial charge is 0.397 e. The predicted molar refractivity (Wildman–Crippen MR) is 144 cm³/mol. The van der Waals surface area contributed by atoms with E-state index in [1.165, 1.54) is 0 Å². The molecule has 2 aliphatic rings. The number of fused-ring (bicyclic) bond motifs is 2. The lowest BCUT2D eigenvalue weighted by Crippen LogP contribution is -2.35. The Labute approximate surface area is 227 Å². The standard InChI is InChI=1S/C20H16N2O5.C4H12N2O.C2H6O.H4N2/c23-17-13-5-1-2-6-14(13)18(24)21(17)9-11-27-12-10-22-19(25)15-7-3-4-8-16(15)20(22)26;5-1-3-7-4-2-6;1-2-3;1-2/h1-8H,9-12H2;1-6H2;3H,2H2,1H3;1-2H2. The number of aliphatic hydroxyl groups is 1. The van der Waals surface area contributed by atoms with Crippen LogP contribution < -0.4 is 23.2 Å². The second-order valence-corrected chi connectivity index (χ2v) is 7.73. The third-order valence-corrected chi connectivity index (χ3v) is 5.20. The van der Waals surface area contributed by atoms with Crippen molar-refractivity contribution in [3.05, 3.63) is 70.8 Å². The highest BCUT2D eigenvalue weighted by Crippen LogP contribution is 2.23. The summed E-state index contributed by atoms with van der Waals surface area (Å²) in [5, 5.41) is 7.57. The lowest BCUT2D eigenvalue weighted by molar-refractivity contribution is 0.0495. The Balaban J connectivity index is 0.000000540. The van der Waals surface area contributed by atoms with E-state index in [1.54, 1.807) is 55.5 Å². The Morgan fingerprint density at radius 1 is 0.615 bits per heavy atom. The third-order valence-electron chi connectivity index (χ3n) is 5.20. The van der Waals surface area contributed by atoms with E-state index in [9.17, 15) is 19.2 Å². The van der Waals surface area contributed by atoms with Gasteiger partial charge in [-0.05, 0) is 31.2 Å². The number of benzene rings is 2. The van der Waals surface area contributed by atoms with Gasteiger partial charge in [0.15, 0.2) is 0 Å². The molecule has 0 radical (unpaired) electrons. The molecule has 13 heteroatoms. The molecule has 0 aromatic heterocycles. The first-order valence-corrected chi connectivity index (χ1v) is 12.3. The Morgan fingerprint density at radius 3 is 1.13 bits per heavy atom. The first kappa shape index (κ1) is 33.5. The number of hydrogen-bond donors (Lipinski definition) is 5. The van der Waals surface area contributed by atoms with Crippen molar-refractivity contribution in [3.63, 3.8) is 0 Å².